The van der Waals surface area contributed by atoms with Crippen molar-refractivity contribution in [2.45, 2.75) is 32.6 Å². The highest BCUT2D eigenvalue weighted by atomic mass is 35.5. The van der Waals surface area contributed by atoms with E-state index >= 15 is 0 Å². The van der Waals surface area contributed by atoms with Crippen LogP contribution in [-0.4, -0.2) is 36.1 Å². The summed E-state index contributed by atoms with van der Waals surface area (Å²) in [6.07, 6.45) is 6.88. The molecular weight excluding hydrogens is 296 g/mol. The molecule has 1 aromatic heterocycles. The Kier molecular flexibility index (Phi) is 5.16. The van der Waals surface area contributed by atoms with Gasteiger partial charge in [-0.05, 0) is 57.0 Å². The number of benzene rings is 1. The molecule has 0 spiro atoms. The van der Waals surface area contributed by atoms with Crippen molar-refractivity contribution in [2.24, 2.45) is 0 Å². The van der Waals surface area contributed by atoms with Crippen molar-refractivity contribution < 1.29 is 4.74 Å². The van der Waals surface area contributed by atoms with Gasteiger partial charge in [-0.3, -0.25) is 4.98 Å². The van der Waals surface area contributed by atoms with E-state index in [1.54, 1.807) is 6.20 Å². The van der Waals surface area contributed by atoms with Gasteiger partial charge in [0.05, 0.1) is 17.1 Å². The van der Waals surface area contributed by atoms with Crippen LogP contribution >= 0.6 is 11.6 Å². The largest absolute Gasteiger partial charge is 0.493 e. The first kappa shape index (κ1) is 15.6. The molecule has 0 unspecified atom stereocenters. The Morgan fingerprint density at radius 3 is 2.86 bits per heavy atom. The number of fused-ring (bicyclic) bond motifs is 1. The zero-order valence-corrected chi connectivity index (χ0v) is 13.9. The number of aryl methyl sites for hydroxylation is 1. The lowest BCUT2D eigenvalue weighted by molar-refractivity contribution is 0.204. The summed E-state index contributed by atoms with van der Waals surface area (Å²) in [5.74, 6) is 0.918. The Morgan fingerprint density at radius 1 is 1.23 bits per heavy atom. The lowest BCUT2D eigenvalue weighted by atomic mass is 10.1. The molecule has 0 amide bonds. The molecule has 1 aliphatic heterocycles. The van der Waals surface area contributed by atoms with Gasteiger partial charge in [-0.15, -0.1) is 0 Å². The summed E-state index contributed by atoms with van der Waals surface area (Å²) < 4.78 is 5.97. The van der Waals surface area contributed by atoms with Gasteiger partial charge in [0, 0.05) is 24.2 Å². The van der Waals surface area contributed by atoms with Crippen molar-refractivity contribution in [3.8, 4) is 5.75 Å². The van der Waals surface area contributed by atoms with E-state index in [1.165, 1.54) is 32.4 Å². The number of pyridine rings is 1. The Labute approximate surface area is 137 Å². The summed E-state index contributed by atoms with van der Waals surface area (Å²) >= 11 is 6.21. The van der Waals surface area contributed by atoms with Gasteiger partial charge in [-0.25, -0.2) is 0 Å². The Morgan fingerprint density at radius 2 is 2.05 bits per heavy atom. The monoisotopic (exact) mass is 318 g/mol. The fraction of sp³-hybridized carbons (Fsp3) is 0.500. The van der Waals surface area contributed by atoms with Gasteiger partial charge in [-0.1, -0.05) is 18.0 Å². The second-order valence-corrected chi connectivity index (χ2v) is 6.44. The molecule has 22 heavy (non-hydrogen) atoms. The zero-order chi connectivity index (χ0) is 15.4. The summed E-state index contributed by atoms with van der Waals surface area (Å²) in [7, 11) is 0. The van der Waals surface area contributed by atoms with Crippen molar-refractivity contribution in [3.05, 3.63) is 35.0 Å². The second-order valence-electron chi connectivity index (χ2n) is 6.03. The van der Waals surface area contributed by atoms with Crippen LogP contribution in [0.3, 0.4) is 0 Å². The smallest absolute Gasteiger partial charge is 0.124 e. The first-order chi connectivity index (χ1) is 10.7. The predicted octanol–water partition coefficient (Wildman–Crippen LogP) is 4.45. The van der Waals surface area contributed by atoms with Crippen molar-refractivity contribution in [3.63, 3.8) is 0 Å². The summed E-state index contributed by atoms with van der Waals surface area (Å²) in [6.45, 7) is 6.44. The van der Waals surface area contributed by atoms with Crippen LogP contribution in [0, 0.1) is 6.92 Å². The molecule has 3 rings (SSSR count). The molecule has 1 aromatic carbocycles. The maximum absolute atomic E-state index is 6.21. The summed E-state index contributed by atoms with van der Waals surface area (Å²) in [5, 5.41) is 1.73. The maximum atomic E-state index is 6.21. The molecule has 0 radical (unpaired) electrons. The first-order valence-corrected chi connectivity index (χ1v) is 8.52. The topological polar surface area (TPSA) is 25.4 Å². The third-order valence-corrected chi connectivity index (χ3v) is 4.64. The van der Waals surface area contributed by atoms with E-state index in [4.69, 9.17) is 16.3 Å². The van der Waals surface area contributed by atoms with Crippen molar-refractivity contribution >= 4 is 22.5 Å². The molecule has 0 atom stereocenters. The van der Waals surface area contributed by atoms with Crippen LogP contribution < -0.4 is 4.74 Å². The van der Waals surface area contributed by atoms with Crippen molar-refractivity contribution in [2.75, 3.05) is 26.2 Å². The van der Waals surface area contributed by atoms with E-state index in [2.05, 4.69) is 22.9 Å². The fourth-order valence-corrected chi connectivity index (χ4v) is 3.26. The second kappa shape index (κ2) is 7.30. The van der Waals surface area contributed by atoms with Crippen LogP contribution in [0.25, 0.3) is 10.9 Å². The molecule has 0 saturated carbocycles. The number of nitrogens with zero attached hydrogens (tertiary/aromatic N) is 2. The van der Waals surface area contributed by atoms with E-state index in [0.717, 1.165) is 46.8 Å². The summed E-state index contributed by atoms with van der Waals surface area (Å²) in [6, 6.07) is 5.88. The number of aromatic nitrogens is 1. The number of hydrogen-bond acceptors (Lipinski definition) is 3. The molecule has 4 heteroatoms. The van der Waals surface area contributed by atoms with Gasteiger partial charge in [0.15, 0.2) is 0 Å². The number of ether oxygens (including phenoxy) is 1. The van der Waals surface area contributed by atoms with Crippen LogP contribution in [0.1, 0.15) is 31.2 Å². The predicted molar refractivity (Wildman–Crippen MR) is 91.9 cm³/mol. The Bertz CT molecular complexity index is 638. The molecular formula is C18H23ClN2O. The third-order valence-electron chi connectivity index (χ3n) is 4.31. The first-order valence-electron chi connectivity index (χ1n) is 8.14. The number of rotatable bonds is 5. The van der Waals surface area contributed by atoms with Gasteiger partial charge in [0.25, 0.3) is 0 Å². The molecule has 2 aromatic rings. The van der Waals surface area contributed by atoms with Crippen LogP contribution in [-0.2, 0) is 0 Å². The minimum Gasteiger partial charge on any atom is -0.493 e. The minimum absolute atomic E-state index is 0.741. The van der Waals surface area contributed by atoms with Crippen LogP contribution in [0.15, 0.2) is 24.4 Å². The SMILES string of the molecule is Cc1cc2c(Cl)ccnc2cc1OCCCN1CCCCC1. The van der Waals surface area contributed by atoms with Crippen LogP contribution in [0.2, 0.25) is 5.02 Å². The minimum atomic E-state index is 0.741. The molecule has 3 nitrogen and oxygen atoms in total. The highest BCUT2D eigenvalue weighted by Crippen LogP contribution is 2.28. The molecule has 118 valence electrons. The van der Waals surface area contributed by atoms with Gasteiger partial charge < -0.3 is 9.64 Å². The van der Waals surface area contributed by atoms with Gasteiger partial charge in [-0.2, -0.15) is 0 Å². The lowest BCUT2D eigenvalue weighted by Gasteiger charge is -2.26. The van der Waals surface area contributed by atoms with E-state index in [9.17, 15) is 0 Å². The molecule has 0 aliphatic carbocycles. The van der Waals surface area contributed by atoms with Crippen LogP contribution in [0.5, 0.6) is 5.75 Å². The average Bonchev–Trinajstić information content (AvgIpc) is 2.54. The quantitative estimate of drug-likeness (QED) is 0.761. The maximum Gasteiger partial charge on any atom is 0.124 e. The van der Waals surface area contributed by atoms with Gasteiger partial charge >= 0.3 is 0 Å². The van der Waals surface area contributed by atoms with E-state index in [-0.39, 0.29) is 0 Å². The Hall–Kier alpha value is -1.32. The normalized spacial score (nSPS) is 16.1. The average molecular weight is 319 g/mol. The zero-order valence-electron chi connectivity index (χ0n) is 13.1. The number of likely N-dealkylation sites (tertiary alicyclic amines) is 1. The highest BCUT2D eigenvalue weighted by molar-refractivity contribution is 6.35. The van der Waals surface area contributed by atoms with E-state index in [0.29, 0.717) is 0 Å². The lowest BCUT2D eigenvalue weighted by Crippen LogP contribution is -2.31. The van der Waals surface area contributed by atoms with E-state index < -0.39 is 0 Å². The number of halogens is 1. The standard InChI is InChI=1S/C18H23ClN2O/c1-14-12-15-16(19)6-7-20-17(15)13-18(14)22-11-5-10-21-8-3-2-4-9-21/h6-7,12-13H,2-5,8-11H2,1H3. The summed E-state index contributed by atoms with van der Waals surface area (Å²) in [4.78, 5) is 6.92. The number of hydrogen-bond donors (Lipinski definition) is 0. The summed E-state index contributed by atoms with van der Waals surface area (Å²) in [5.41, 5.74) is 2.00. The van der Waals surface area contributed by atoms with E-state index in [1.807, 2.05) is 12.1 Å². The Balaban J connectivity index is 1.58. The van der Waals surface area contributed by atoms with Crippen molar-refractivity contribution in [1.29, 1.82) is 0 Å². The fourth-order valence-electron chi connectivity index (χ4n) is 3.06. The molecule has 1 saturated heterocycles. The van der Waals surface area contributed by atoms with Gasteiger partial charge in [0.1, 0.15) is 5.75 Å². The molecule has 1 aliphatic rings. The molecule has 0 bridgehead atoms. The molecule has 1 fully saturated rings. The molecule has 2 heterocycles. The number of piperidine rings is 1. The van der Waals surface area contributed by atoms with Gasteiger partial charge in [0.2, 0.25) is 0 Å². The van der Waals surface area contributed by atoms with Crippen LogP contribution in [0.4, 0.5) is 0 Å². The highest BCUT2D eigenvalue weighted by Gasteiger charge is 2.10. The third kappa shape index (κ3) is 3.71. The van der Waals surface area contributed by atoms with Crippen molar-refractivity contribution in [1.82, 2.24) is 9.88 Å². The molecule has 0 N–H and O–H groups in total.